The predicted molar refractivity (Wildman–Crippen MR) is 49.4 cm³/mol. The molecule has 16 heavy (non-hydrogen) atoms. The number of aryl methyl sites for hydroxylation is 1. The van der Waals surface area contributed by atoms with Crippen molar-refractivity contribution >= 4 is 17.0 Å². The molecule has 0 radical (unpaired) electrons. The zero-order chi connectivity index (χ0) is 11.0. The first-order chi connectivity index (χ1) is 7.09. The van der Waals surface area contributed by atoms with Gasteiger partial charge in [0.05, 0.1) is 5.52 Å². The average Bonchev–Trinajstić information content (AvgIpc) is 2.46. The summed E-state index contributed by atoms with van der Waals surface area (Å²) in [6.45, 7) is 0. The SMILES string of the molecule is Cn1c(CC(=O)[O-])nc2c(F)cccc21.[Na+]. The molecule has 1 aromatic carbocycles. The summed E-state index contributed by atoms with van der Waals surface area (Å²) in [5, 5.41) is 10.4. The number of aromatic nitrogens is 2. The minimum atomic E-state index is -1.23. The number of aliphatic carboxylic acids is 1. The molecule has 0 fully saturated rings. The Bertz CT molecular complexity index is 539. The Balaban J connectivity index is 0.00000128. The van der Waals surface area contributed by atoms with Gasteiger partial charge in [0.15, 0.2) is 5.82 Å². The number of hydrogen-bond acceptors (Lipinski definition) is 3. The van der Waals surface area contributed by atoms with Gasteiger partial charge in [0.1, 0.15) is 11.3 Å². The monoisotopic (exact) mass is 230 g/mol. The molecule has 0 atom stereocenters. The van der Waals surface area contributed by atoms with Crippen LogP contribution in [0.5, 0.6) is 0 Å². The normalized spacial score (nSPS) is 10.1. The van der Waals surface area contributed by atoms with Crippen LogP contribution in [0.15, 0.2) is 18.2 Å². The number of hydrogen-bond donors (Lipinski definition) is 0. The molecular weight excluding hydrogens is 222 g/mol. The molecule has 0 saturated carbocycles. The minimum absolute atomic E-state index is 0. The summed E-state index contributed by atoms with van der Waals surface area (Å²) in [6.07, 6.45) is -0.315. The van der Waals surface area contributed by atoms with Gasteiger partial charge in [-0.05, 0) is 12.1 Å². The molecule has 0 bridgehead atoms. The third-order valence-electron chi connectivity index (χ3n) is 2.26. The quantitative estimate of drug-likeness (QED) is 0.517. The van der Waals surface area contributed by atoms with Crippen LogP contribution in [0, 0.1) is 5.82 Å². The Morgan fingerprint density at radius 1 is 1.56 bits per heavy atom. The molecule has 0 N–H and O–H groups in total. The van der Waals surface area contributed by atoms with E-state index in [4.69, 9.17) is 0 Å². The molecule has 0 spiro atoms. The topological polar surface area (TPSA) is 58.0 Å². The van der Waals surface area contributed by atoms with E-state index in [1.54, 1.807) is 23.7 Å². The van der Waals surface area contributed by atoms with Crippen LogP contribution in [0.4, 0.5) is 4.39 Å². The molecule has 4 nitrogen and oxygen atoms in total. The maximum absolute atomic E-state index is 13.3. The Labute approximate surface area is 113 Å². The van der Waals surface area contributed by atoms with Crippen LogP contribution in [-0.4, -0.2) is 15.5 Å². The third-order valence-corrected chi connectivity index (χ3v) is 2.26. The number of benzene rings is 1. The zero-order valence-corrected chi connectivity index (χ0v) is 11.0. The molecule has 0 aliphatic rings. The fourth-order valence-corrected chi connectivity index (χ4v) is 1.52. The molecule has 1 aromatic heterocycles. The average molecular weight is 230 g/mol. The first kappa shape index (κ1) is 13.2. The summed E-state index contributed by atoms with van der Waals surface area (Å²) in [6, 6.07) is 4.53. The van der Waals surface area contributed by atoms with Crippen LogP contribution < -0.4 is 34.7 Å². The van der Waals surface area contributed by atoms with Gasteiger partial charge in [-0.15, -0.1) is 0 Å². The van der Waals surface area contributed by atoms with E-state index in [1.807, 2.05) is 0 Å². The molecule has 0 amide bonds. The van der Waals surface area contributed by atoms with Crippen molar-refractivity contribution in [3.63, 3.8) is 0 Å². The van der Waals surface area contributed by atoms with Gasteiger partial charge in [0.2, 0.25) is 0 Å². The number of nitrogens with zero attached hydrogens (tertiary/aromatic N) is 2. The Kier molecular flexibility index (Phi) is 4.07. The van der Waals surface area contributed by atoms with Crippen LogP contribution in [0.2, 0.25) is 0 Å². The molecule has 6 heteroatoms. The van der Waals surface area contributed by atoms with E-state index in [0.717, 1.165) is 0 Å². The summed E-state index contributed by atoms with van der Waals surface area (Å²) in [7, 11) is 1.65. The second kappa shape index (κ2) is 4.95. The van der Waals surface area contributed by atoms with Crippen molar-refractivity contribution in [3.8, 4) is 0 Å². The number of fused-ring (bicyclic) bond motifs is 1. The maximum Gasteiger partial charge on any atom is 1.00 e. The molecule has 2 rings (SSSR count). The molecule has 0 unspecified atom stereocenters. The van der Waals surface area contributed by atoms with E-state index < -0.39 is 11.8 Å². The van der Waals surface area contributed by atoms with Crippen molar-refractivity contribution in [2.75, 3.05) is 0 Å². The summed E-state index contributed by atoms with van der Waals surface area (Å²) >= 11 is 0. The third kappa shape index (κ3) is 2.26. The van der Waals surface area contributed by atoms with Crippen molar-refractivity contribution in [2.24, 2.45) is 7.05 Å². The number of carbonyl (C=O) groups excluding carboxylic acids is 1. The van der Waals surface area contributed by atoms with E-state index in [1.165, 1.54) is 6.07 Å². The second-order valence-electron chi connectivity index (χ2n) is 3.24. The number of para-hydroxylation sites is 1. The molecule has 2 aromatic rings. The Morgan fingerprint density at radius 3 is 2.81 bits per heavy atom. The fourth-order valence-electron chi connectivity index (χ4n) is 1.52. The molecule has 1 heterocycles. The second-order valence-corrected chi connectivity index (χ2v) is 3.24. The van der Waals surface area contributed by atoms with Crippen molar-refractivity contribution in [1.29, 1.82) is 0 Å². The summed E-state index contributed by atoms with van der Waals surface area (Å²) in [5.41, 5.74) is 0.766. The predicted octanol–water partition coefficient (Wildman–Crippen LogP) is -2.99. The first-order valence-electron chi connectivity index (χ1n) is 4.39. The number of carboxylic acid groups (broad SMARTS) is 1. The van der Waals surface area contributed by atoms with Gasteiger partial charge >= 0.3 is 29.6 Å². The summed E-state index contributed by atoms with van der Waals surface area (Å²) < 4.78 is 14.8. The molecule has 78 valence electrons. The largest absolute Gasteiger partial charge is 1.00 e. The maximum atomic E-state index is 13.3. The smallest absolute Gasteiger partial charge is 0.550 e. The van der Waals surface area contributed by atoms with E-state index in [-0.39, 0.29) is 47.3 Å². The fraction of sp³-hybridized carbons (Fsp3) is 0.200. The minimum Gasteiger partial charge on any atom is -0.550 e. The standard InChI is InChI=1S/C10H9FN2O2.Na/c1-13-7-4-2-3-6(11)10(7)12-8(13)5-9(14)15;/h2-4H,5H2,1H3,(H,14,15);/q;+1/p-1. The number of carboxylic acids is 1. The van der Waals surface area contributed by atoms with Crippen LogP contribution in [0.1, 0.15) is 5.82 Å². The van der Waals surface area contributed by atoms with Gasteiger partial charge < -0.3 is 14.5 Å². The van der Waals surface area contributed by atoms with Gasteiger partial charge in [-0.1, -0.05) is 6.07 Å². The number of imidazole rings is 1. The molecular formula is C10H8FN2NaO2. The van der Waals surface area contributed by atoms with Crippen molar-refractivity contribution < 1.29 is 43.8 Å². The van der Waals surface area contributed by atoms with Crippen LogP contribution in [0.25, 0.3) is 11.0 Å². The molecule has 0 aliphatic carbocycles. The van der Waals surface area contributed by atoms with Crippen molar-refractivity contribution in [3.05, 3.63) is 29.8 Å². The Hall–Kier alpha value is -0.910. The number of halogens is 1. The van der Waals surface area contributed by atoms with E-state index in [9.17, 15) is 14.3 Å². The van der Waals surface area contributed by atoms with Gasteiger partial charge in [-0.2, -0.15) is 0 Å². The number of rotatable bonds is 2. The van der Waals surface area contributed by atoms with Gasteiger partial charge in [0.25, 0.3) is 0 Å². The van der Waals surface area contributed by atoms with Crippen LogP contribution in [-0.2, 0) is 18.3 Å². The molecule has 0 aliphatic heterocycles. The first-order valence-corrected chi connectivity index (χ1v) is 4.39. The van der Waals surface area contributed by atoms with E-state index >= 15 is 0 Å². The zero-order valence-electron chi connectivity index (χ0n) is 9.03. The summed E-state index contributed by atoms with van der Waals surface area (Å²) in [4.78, 5) is 14.3. The van der Waals surface area contributed by atoms with E-state index in [2.05, 4.69) is 4.98 Å². The summed E-state index contributed by atoms with van der Waals surface area (Å²) in [5.74, 6) is -1.39. The molecule has 0 saturated heterocycles. The van der Waals surface area contributed by atoms with E-state index in [0.29, 0.717) is 5.52 Å². The van der Waals surface area contributed by atoms with Gasteiger partial charge in [-0.25, -0.2) is 9.37 Å². The van der Waals surface area contributed by atoms with Crippen LogP contribution in [0.3, 0.4) is 0 Å². The van der Waals surface area contributed by atoms with Gasteiger partial charge in [-0.3, -0.25) is 0 Å². The van der Waals surface area contributed by atoms with Crippen molar-refractivity contribution in [1.82, 2.24) is 9.55 Å². The van der Waals surface area contributed by atoms with Crippen LogP contribution >= 0.6 is 0 Å². The Morgan fingerprint density at radius 2 is 2.25 bits per heavy atom. The van der Waals surface area contributed by atoms with Crippen molar-refractivity contribution in [2.45, 2.75) is 6.42 Å². The van der Waals surface area contributed by atoms with Gasteiger partial charge in [0, 0.05) is 19.4 Å². The number of carbonyl (C=O) groups is 1.